The Kier molecular flexibility index (Phi) is 7.47. The highest BCUT2D eigenvalue weighted by Crippen LogP contribution is 2.41. The van der Waals surface area contributed by atoms with Crippen LogP contribution in [0.5, 0.6) is 23.0 Å². The van der Waals surface area contributed by atoms with E-state index in [0.717, 1.165) is 111 Å². The largest absolute Gasteiger partial charge is 0.457 e. The van der Waals surface area contributed by atoms with Crippen molar-refractivity contribution < 1.29 is 13.9 Å². The van der Waals surface area contributed by atoms with Crippen molar-refractivity contribution in [3.63, 3.8) is 0 Å². The number of nitrogens with zero attached hydrogens (tertiary/aromatic N) is 2. The van der Waals surface area contributed by atoms with Crippen molar-refractivity contribution in [1.82, 2.24) is 9.13 Å². The average molecular weight is 759 g/mol. The van der Waals surface area contributed by atoms with Gasteiger partial charge in [0.05, 0.1) is 22.1 Å². The number of furan rings is 1. The Morgan fingerprint density at radius 1 is 0.288 bits per heavy atom. The van der Waals surface area contributed by atoms with Gasteiger partial charge in [-0.3, -0.25) is 0 Å². The molecule has 0 radical (unpaired) electrons. The summed E-state index contributed by atoms with van der Waals surface area (Å²) < 4.78 is 23.8. The topological polar surface area (TPSA) is 41.5 Å². The lowest BCUT2D eigenvalue weighted by Gasteiger charge is -2.10. The van der Waals surface area contributed by atoms with Crippen molar-refractivity contribution in [1.29, 1.82) is 0 Å². The number of ether oxygens (including phenoxy) is 2. The molecule has 9 aromatic carbocycles. The van der Waals surface area contributed by atoms with Crippen LogP contribution in [0.2, 0.25) is 0 Å². The van der Waals surface area contributed by atoms with Crippen molar-refractivity contribution in [3.05, 3.63) is 206 Å². The predicted molar refractivity (Wildman–Crippen MR) is 241 cm³/mol. The van der Waals surface area contributed by atoms with Gasteiger partial charge in [0.15, 0.2) is 0 Å². The molecule has 0 aliphatic heterocycles. The second-order valence-electron chi connectivity index (χ2n) is 14.9. The van der Waals surface area contributed by atoms with Gasteiger partial charge in [-0.25, -0.2) is 0 Å². The molecule has 5 heteroatoms. The smallest absolute Gasteiger partial charge is 0.137 e. The standard InChI is InChI=1S/C54H34N2O3/c1-4-12-37(13-5-1)55-49-27-21-35(30-46(49)48-34-42(24-29-51(48)55)58-40-16-8-3-9-17-40)36-20-25-43-47-33-41(57-39-14-6-2-7-15-39)23-28-50(47)56(52(43)31-36)38-22-26-45-44-18-10-11-19-53(44)59-54(45)32-38/h1-34H. The summed E-state index contributed by atoms with van der Waals surface area (Å²) in [4.78, 5) is 0. The van der Waals surface area contributed by atoms with Gasteiger partial charge in [0.1, 0.15) is 34.2 Å². The Morgan fingerprint density at radius 2 is 0.797 bits per heavy atom. The van der Waals surface area contributed by atoms with E-state index in [9.17, 15) is 0 Å². The lowest BCUT2D eigenvalue weighted by atomic mass is 10.0. The molecule has 0 fully saturated rings. The van der Waals surface area contributed by atoms with E-state index in [-0.39, 0.29) is 0 Å². The molecular formula is C54H34N2O3. The molecule has 3 aromatic heterocycles. The number of benzene rings is 9. The number of para-hydroxylation sites is 4. The van der Waals surface area contributed by atoms with Crippen LogP contribution in [0.1, 0.15) is 0 Å². The number of rotatable bonds is 7. The van der Waals surface area contributed by atoms with Gasteiger partial charge in [-0.15, -0.1) is 0 Å². The van der Waals surface area contributed by atoms with E-state index in [4.69, 9.17) is 13.9 Å². The number of hydrogen-bond acceptors (Lipinski definition) is 3. The van der Waals surface area contributed by atoms with Crippen molar-refractivity contribution >= 4 is 65.6 Å². The summed E-state index contributed by atoms with van der Waals surface area (Å²) in [5.41, 5.74) is 10.5. The maximum absolute atomic E-state index is 6.40. The summed E-state index contributed by atoms with van der Waals surface area (Å²) in [6.07, 6.45) is 0. The molecule has 0 saturated carbocycles. The fourth-order valence-electron chi connectivity index (χ4n) is 8.72. The highest BCUT2D eigenvalue weighted by atomic mass is 16.5. The molecule has 0 amide bonds. The quantitative estimate of drug-likeness (QED) is 0.163. The first-order valence-corrected chi connectivity index (χ1v) is 19.8. The second kappa shape index (κ2) is 13.3. The van der Waals surface area contributed by atoms with Gasteiger partial charge in [0.2, 0.25) is 0 Å². The van der Waals surface area contributed by atoms with Gasteiger partial charge in [0.25, 0.3) is 0 Å². The maximum atomic E-state index is 6.40. The molecule has 0 saturated heterocycles. The van der Waals surface area contributed by atoms with E-state index in [1.165, 1.54) is 0 Å². The molecule has 0 atom stereocenters. The van der Waals surface area contributed by atoms with Gasteiger partial charge < -0.3 is 23.0 Å². The summed E-state index contributed by atoms with van der Waals surface area (Å²) in [7, 11) is 0. The minimum absolute atomic E-state index is 0.787. The Labute approximate surface area is 339 Å². The van der Waals surface area contributed by atoms with Crippen LogP contribution in [0.3, 0.4) is 0 Å². The summed E-state index contributed by atoms with van der Waals surface area (Å²) >= 11 is 0. The van der Waals surface area contributed by atoms with Crippen LogP contribution in [0.25, 0.3) is 88.1 Å². The monoisotopic (exact) mass is 758 g/mol. The molecule has 0 bridgehead atoms. The molecular weight excluding hydrogens is 725 g/mol. The van der Waals surface area contributed by atoms with Crippen LogP contribution in [-0.2, 0) is 0 Å². The highest BCUT2D eigenvalue weighted by Gasteiger charge is 2.19. The third-order valence-electron chi connectivity index (χ3n) is 11.4. The van der Waals surface area contributed by atoms with Crippen LogP contribution in [0, 0.1) is 0 Å². The van der Waals surface area contributed by atoms with Gasteiger partial charge in [-0.05, 0) is 120 Å². The Bertz CT molecular complexity index is 3550. The van der Waals surface area contributed by atoms with Crippen molar-refractivity contribution in [2.24, 2.45) is 0 Å². The second-order valence-corrected chi connectivity index (χ2v) is 14.9. The minimum Gasteiger partial charge on any atom is -0.457 e. The molecule has 0 N–H and O–H groups in total. The maximum Gasteiger partial charge on any atom is 0.137 e. The van der Waals surface area contributed by atoms with Crippen molar-refractivity contribution in [3.8, 4) is 45.5 Å². The summed E-state index contributed by atoms with van der Waals surface area (Å²) in [6.45, 7) is 0. The van der Waals surface area contributed by atoms with Gasteiger partial charge >= 0.3 is 0 Å². The molecule has 0 unspecified atom stereocenters. The zero-order valence-electron chi connectivity index (χ0n) is 31.7. The van der Waals surface area contributed by atoms with Crippen LogP contribution >= 0.6 is 0 Å². The van der Waals surface area contributed by atoms with E-state index in [1.807, 2.05) is 72.8 Å². The first-order valence-electron chi connectivity index (χ1n) is 19.8. The highest BCUT2D eigenvalue weighted by molar-refractivity contribution is 6.13. The Morgan fingerprint density at radius 3 is 1.49 bits per heavy atom. The summed E-state index contributed by atoms with van der Waals surface area (Å²) in [5, 5.41) is 6.74. The van der Waals surface area contributed by atoms with Gasteiger partial charge in [-0.2, -0.15) is 0 Å². The number of fused-ring (bicyclic) bond motifs is 9. The van der Waals surface area contributed by atoms with Crippen molar-refractivity contribution in [2.75, 3.05) is 0 Å². The zero-order chi connectivity index (χ0) is 38.9. The molecule has 59 heavy (non-hydrogen) atoms. The third-order valence-corrected chi connectivity index (χ3v) is 11.4. The normalized spacial score (nSPS) is 11.7. The molecule has 12 rings (SSSR count). The molecule has 0 aliphatic carbocycles. The number of hydrogen-bond donors (Lipinski definition) is 0. The molecule has 0 aliphatic rings. The average Bonchev–Trinajstić information content (AvgIpc) is 3.93. The lowest BCUT2D eigenvalue weighted by molar-refractivity contribution is 0.483. The SMILES string of the molecule is c1ccc(Oc2ccc3c(c2)c2cc(-c4ccc5c6cc(Oc7ccccc7)ccc6n(-c6ccc7c(c6)oc6ccccc67)c5c4)ccc2n3-c2ccccc2)cc1. The van der Waals surface area contributed by atoms with E-state index < -0.39 is 0 Å². The molecule has 0 spiro atoms. The Balaban J connectivity index is 1.05. The van der Waals surface area contributed by atoms with E-state index in [1.54, 1.807) is 0 Å². The fraction of sp³-hybridized carbons (Fsp3) is 0. The molecule has 5 nitrogen and oxygen atoms in total. The summed E-state index contributed by atoms with van der Waals surface area (Å²) in [6, 6.07) is 71.6. The molecule has 3 heterocycles. The Hall–Kier alpha value is -8.02. The fourth-order valence-corrected chi connectivity index (χ4v) is 8.72. The lowest BCUT2D eigenvalue weighted by Crippen LogP contribution is -1.94. The van der Waals surface area contributed by atoms with Crippen LogP contribution < -0.4 is 9.47 Å². The molecule has 278 valence electrons. The van der Waals surface area contributed by atoms with E-state index >= 15 is 0 Å². The number of aromatic nitrogens is 2. The predicted octanol–water partition coefficient (Wildman–Crippen LogP) is 15.0. The minimum atomic E-state index is 0.787. The third kappa shape index (κ3) is 5.55. The zero-order valence-corrected chi connectivity index (χ0v) is 31.7. The molecule has 12 aromatic rings. The van der Waals surface area contributed by atoms with Gasteiger partial charge in [-0.1, -0.05) is 91.0 Å². The van der Waals surface area contributed by atoms with Gasteiger partial charge in [0, 0.05) is 49.8 Å². The van der Waals surface area contributed by atoms with E-state index in [2.05, 4.69) is 143 Å². The van der Waals surface area contributed by atoms with Crippen LogP contribution in [-0.4, -0.2) is 9.13 Å². The van der Waals surface area contributed by atoms with Crippen LogP contribution in [0.4, 0.5) is 0 Å². The van der Waals surface area contributed by atoms with Crippen LogP contribution in [0.15, 0.2) is 211 Å². The van der Waals surface area contributed by atoms with E-state index in [0.29, 0.717) is 0 Å². The first kappa shape index (κ1) is 33.2. The van der Waals surface area contributed by atoms with Crippen molar-refractivity contribution in [2.45, 2.75) is 0 Å². The first-order chi connectivity index (χ1) is 29.2. The summed E-state index contributed by atoms with van der Waals surface area (Å²) in [5.74, 6) is 3.19.